The summed E-state index contributed by atoms with van der Waals surface area (Å²) in [7, 11) is 1.46. The summed E-state index contributed by atoms with van der Waals surface area (Å²) >= 11 is 0. The Morgan fingerprint density at radius 1 is 1.24 bits per heavy atom. The van der Waals surface area contributed by atoms with E-state index in [9.17, 15) is 4.79 Å². The van der Waals surface area contributed by atoms with Crippen LogP contribution in [0.4, 0.5) is 5.69 Å². The minimum atomic E-state index is -0.444. The molecule has 1 aromatic rings. The average molecular weight is 290 g/mol. The summed E-state index contributed by atoms with van der Waals surface area (Å²) in [6.07, 6.45) is 0. The molecule has 116 valence electrons. The number of hydrogen-bond donors (Lipinski definition) is 0. The molecule has 1 aliphatic heterocycles. The van der Waals surface area contributed by atoms with E-state index in [0.717, 1.165) is 32.7 Å². The first-order valence-electron chi connectivity index (χ1n) is 7.55. The van der Waals surface area contributed by atoms with Gasteiger partial charge in [0, 0.05) is 38.4 Å². The van der Waals surface area contributed by atoms with E-state index >= 15 is 0 Å². The maximum atomic E-state index is 11.8. The summed E-state index contributed by atoms with van der Waals surface area (Å²) in [6.45, 7) is 10.7. The molecule has 1 aliphatic rings. The van der Waals surface area contributed by atoms with Crippen LogP contribution in [0.15, 0.2) is 24.3 Å². The van der Waals surface area contributed by atoms with Crippen molar-refractivity contribution in [3.8, 4) is 0 Å². The van der Waals surface area contributed by atoms with Gasteiger partial charge in [0.15, 0.2) is 0 Å². The summed E-state index contributed by atoms with van der Waals surface area (Å²) in [6, 6.07) is 8.63. The number of carbonyl (C=O) groups is 1. The van der Waals surface area contributed by atoms with Gasteiger partial charge in [-0.25, -0.2) is 0 Å². The van der Waals surface area contributed by atoms with Crippen LogP contribution in [0.3, 0.4) is 0 Å². The van der Waals surface area contributed by atoms with Crippen LogP contribution >= 0.6 is 0 Å². The van der Waals surface area contributed by atoms with Crippen LogP contribution in [0.2, 0.25) is 0 Å². The van der Waals surface area contributed by atoms with Crippen LogP contribution in [0, 0.1) is 12.3 Å². The highest BCUT2D eigenvalue weighted by Crippen LogP contribution is 2.22. The molecule has 2 rings (SSSR count). The lowest BCUT2D eigenvalue weighted by Gasteiger charge is -2.39. The standard InChI is InChI=1S/C17H26N2O2/c1-14-6-5-7-15(12-14)19-10-8-18(9-11-19)13-17(2,3)16(20)21-4/h5-7,12H,8-11,13H2,1-4H3. The molecule has 1 heterocycles. The Labute approximate surface area is 127 Å². The Balaban J connectivity index is 1.90. The molecule has 0 amide bonds. The lowest BCUT2D eigenvalue weighted by atomic mass is 9.92. The van der Waals surface area contributed by atoms with E-state index in [0.29, 0.717) is 0 Å². The highest BCUT2D eigenvalue weighted by atomic mass is 16.5. The topological polar surface area (TPSA) is 32.8 Å². The van der Waals surface area contributed by atoms with Crippen molar-refractivity contribution in [1.29, 1.82) is 0 Å². The molecule has 0 unspecified atom stereocenters. The molecule has 0 bridgehead atoms. The minimum Gasteiger partial charge on any atom is -0.469 e. The van der Waals surface area contributed by atoms with Gasteiger partial charge in [0.1, 0.15) is 0 Å². The Kier molecular flexibility index (Phi) is 4.88. The zero-order chi connectivity index (χ0) is 15.5. The second-order valence-corrected chi connectivity index (χ2v) is 6.48. The van der Waals surface area contributed by atoms with Crippen LogP contribution in [0.1, 0.15) is 19.4 Å². The number of piperazine rings is 1. The van der Waals surface area contributed by atoms with Crippen molar-refractivity contribution >= 4 is 11.7 Å². The molecule has 21 heavy (non-hydrogen) atoms. The number of hydrogen-bond acceptors (Lipinski definition) is 4. The van der Waals surface area contributed by atoms with Gasteiger partial charge in [0.2, 0.25) is 0 Å². The molecular weight excluding hydrogens is 264 g/mol. The van der Waals surface area contributed by atoms with Crippen LogP contribution in [0.5, 0.6) is 0 Å². The zero-order valence-corrected chi connectivity index (χ0v) is 13.6. The van der Waals surface area contributed by atoms with Gasteiger partial charge in [-0.15, -0.1) is 0 Å². The summed E-state index contributed by atoms with van der Waals surface area (Å²) in [5.41, 5.74) is 2.14. The number of aryl methyl sites for hydroxylation is 1. The molecule has 0 aromatic heterocycles. The fourth-order valence-corrected chi connectivity index (χ4v) is 2.89. The molecule has 0 aliphatic carbocycles. The van der Waals surface area contributed by atoms with E-state index in [1.54, 1.807) is 0 Å². The molecule has 4 heteroatoms. The van der Waals surface area contributed by atoms with E-state index < -0.39 is 5.41 Å². The van der Waals surface area contributed by atoms with Gasteiger partial charge in [-0.1, -0.05) is 12.1 Å². The number of benzene rings is 1. The molecule has 0 spiro atoms. The second-order valence-electron chi connectivity index (χ2n) is 6.48. The molecule has 1 saturated heterocycles. The number of carbonyl (C=O) groups excluding carboxylic acids is 1. The van der Waals surface area contributed by atoms with E-state index in [2.05, 4.69) is 41.0 Å². The molecule has 1 aromatic carbocycles. The third kappa shape index (κ3) is 3.97. The average Bonchev–Trinajstić information content (AvgIpc) is 2.46. The SMILES string of the molecule is COC(=O)C(C)(C)CN1CCN(c2cccc(C)c2)CC1. The quantitative estimate of drug-likeness (QED) is 0.797. The van der Waals surface area contributed by atoms with Gasteiger partial charge in [-0.05, 0) is 38.5 Å². The van der Waals surface area contributed by atoms with Gasteiger partial charge in [-0.3, -0.25) is 9.69 Å². The Morgan fingerprint density at radius 2 is 1.90 bits per heavy atom. The lowest BCUT2D eigenvalue weighted by molar-refractivity contribution is -0.151. The Hall–Kier alpha value is -1.55. The van der Waals surface area contributed by atoms with Gasteiger partial charge < -0.3 is 9.64 Å². The monoisotopic (exact) mass is 290 g/mol. The Morgan fingerprint density at radius 3 is 2.48 bits per heavy atom. The van der Waals surface area contributed by atoms with Crippen molar-refractivity contribution in [3.63, 3.8) is 0 Å². The van der Waals surface area contributed by atoms with Crippen molar-refractivity contribution in [2.24, 2.45) is 5.41 Å². The predicted molar refractivity (Wildman–Crippen MR) is 85.6 cm³/mol. The fourth-order valence-electron chi connectivity index (χ4n) is 2.89. The first-order chi connectivity index (χ1) is 9.92. The van der Waals surface area contributed by atoms with Crippen LogP contribution in [0.25, 0.3) is 0 Å². The van der Waals surface area contributed by atoms with Gasteiger partial charge in [-0.2, -0.15) is 0 Å². The van der Waals surface area contributed by atoms with Crippen molar-refractivity contribution in [3.05, 3.63) is 29.8 Å². The summed E-state index contributed by atoms with van der Waals surface area (Å²) < 4.78 is 4.88. The first-order valence-corrected chi connectivity index (χ1v) is 7.55. The number of anilines is 1. The molecular formula is C17H26N2O2. The summed E-state index contributed by atoms with van der Waals surface area (Å²) in [5.74, 6) is -0.136. The molecule has 0 radical (unpaired) electrons. The Bertz CT molecular complexity index is 491. The third-order valence-electron chi connectivity index (χ3n) is 4.10. The maximum absolute atomic E-state index is 11.8. The number of methoxy groups -OCH3 is 1. The van der Waals surface area contributed by atoms with Gasteiger partial charge in [0.05, 0.1) is 12.5 Å². The highest BCUT2D eigenvalue weighted by Gasteiger charge is 2.32. The lowest BCUT2D eigenvalue weighted by Crippen LogP contribution is -2.50. The zero-order valence-electron chi connectivity index (χ0n) is 13.6. The number of nitrogens with zero attached hydrogens (tertiary/aromatic N) is 2. The smallest absolute Gasteiger partial charge is 0.312 e. The van der Waals surface area contributed by atoms with Crippen LogP contribution in [-0.2, 0) is 9.53 Å². The van der Waals surface area contributed by atoms with E-state index in [-0.39, 0.29) is 5.97 Å². The minimum absolute atomic E-state index is 0.136. The van der Waals surface area contributed by atoms with E-state index in [4.69, 9.17) is 4.74 Å². The van der Waals surface area contributed by atoms with Gasteiger partial charge >= 0.3 is 5.97 Å². The second kappa shape index (κ2) is 6.48. The number of esters is 1. The predicted octanol–water partition coefficient (Wildman–Crippen LogP) is 2.32. The molecule has 0 N–H and O–H groups in total. The third-order valence-corrected chi connectivity index (χ3v) is 4.10. The van der Waals surface area contributed by atoms with Crippen molar-refractivity contribution < 1.29 is 9.53 Å². The summed E-state index contributed by atoms with van der Waals surface area (Å²) in [4.78, 5) is 16.5. The van der Waals surface area contributed by atoms with Crippen LogP contribution in [-0.4, -0.2) is 50.7 Å². The van der Waals surface area contributed by atoms with E-state index in [1.807, 2.05) is 13.8 Å². The normalized spacial score (nSPS) is 16.9. The van der Waals surface area contributed by atoms with Crippen molar-refractivity contribution in [1.82, 2.24) is 4.90 Å². The largest absolute Gasteiger partial charge is 0.469 e. The first kappa shape index (κ1) is 15.8. The van der Waals surface area contributed by atoms with Crippen LogP contribution < -0.4 is 4.90 Å². The number of ether oxygens (including phenoxy) is 1. The number of rotatable bonds is 4. The molecule has 0 saturated carbocycles. The van der Waals surface area contributed by atoms with Gasteiger partial charge in [0.25, 0.3) is 0 Å². The fraction of sp³-hybridized carbons (Fsp3) is 0.588. The molecule has 1 fully saturated rings. The van der Waals surface area contributed by atoms with Crippen molar-refractivity contribution in [2.75, 3.05) is 44.7 Å². The highest BCUT2D eigenvalue weighted by molar-refractivity contribution is 5.76. The van der Waals surface area contributed by atoms with Crippen molar-refractivity contribution in [2.45, 2.75) is 20.8 Å². The molecule has 0 atom stereocenters. The summed E-state index contributed by atoms with van der Waals surface area (Å²) in [5, 5.41) is 0. The molecule has 4 nitrogen and oxygen atoms in total. The maximum Gasteiger partial charge on any atom is 0.312 e. The van der Waals surface area contributed by atoms with E-state index in [1.165, 1.54) is 18.4 Å².